The number of aryl methyl sites for hydroxylation is 2. The summed E-state index contributed by atoms with van der Waals surface area (Å²) in [6.45, 7) is 4.24. The first-order chi connectivity index (χ1) is 9.63. The molecule has 3 heteroatoms. The van der Waals surface area contributed by atoms with Crippen molar-refractivity contribution in [1.29, 1.82) is 0 Å². The second kappa shape index (κ2) is 4.16. The van der Waals surface area contributed by atoms with Gasteiger partial charge in [-0.25, -0.2) is 0 Å². The van der Waals surface area contributed by atoms with E-state index in [-0.39, 0.29) is 0 Å². The molecule has 0 spiro atoms. The molecule has 2 aromatic heterocycles. The molecule has 1 aliphatic rings. The van der Waals surface area contributed by atoms with E-state index in [4.69, 9.17) is 20.4 Å². The molecule has 0 radical (unpaired) electrons. The summed E-state index contributed by atoms with van der Waals surface area (Å²) in [7, 11) is 0. The molecular weight excluding hydrogens is 272 g/mol. The van der Waals surface area contributed by atoms with E-state index < -0.39 is 0 Å². The van der Waals surface area contributed by atoms with Crippen LogP contribution in [0.25, 0.3) is 22.3 Å². The average Bonchev–Trinajstić information content (AvgIpc) is 2.92. The van der Waals surface area contributed by atoms with E-state index in [1.807, 2.05) is 25.1 Å². The molecule has 4 rings (SSSR count). The standard InChI is InChI=1S/C17H15ClO2/c1-9-3-5-15-16(17-12(9)7-10(2)19-17)13-8-11(18)4-6-14(13)20-15/h4,6-9H,3,5H2,1-2H3. The van der Waals surface area contributed by atoms with Crippen molar-refractivity contribution in [3.8, 4) is 11.3 Å². The van der Waals surface area contributed by atoms with E-state index in [9.17, 15) is 0 Å². The van der Waals surface area contributed by atoms with E-state index >= 15 is 0 Å². The lowest BCUT2D eigenvalue weighted by molar-refractivity contribution is 0.526. The lowest BCUT2D eigenvalue weighted by Crippen LogP contribution is -1.91. The van der Waals surface area contributed by atoms with Crippen molar-refractivity contribution in [1.82, 2.24) is 0 Å². The molecule has 0 amide bonds. The van der Waals surface area contributed by atoms with Gasteiger partial charge >= 0.3 is 0 Å². The van der Waals surface area contributed by atoms with Gasteiger partial charge in [0.1, 0.15) is 22.9 Å². The normalized spacial score (nSPS) is 17.9. The minimum Gasteiger partial charge on any atom is -0.461 e. The zero-order chi connectivity index (χ0) is 13.9. The van der Waals surface area contributed by atoms with Crippen LogP contribution in [0.3, 0.4) is 0 Å². The molecule has 0 bridgehead atoms. The Morgan fingerprint density at radius 3 is 2.90 bits per heavy atom. The molecule has 1 unspecified atom stereocenters. The van der Waals surface area contributed by atoms with E-state index in [2.05, 4.69) is 13.0 Å². The number of hydrogen-bond acceptors (Lipinski definition) is 2. The second-order valence-electron chi connectivity index (χ2n) is 5.62. The predicted octanol–water partition coefficient (Wildman–Crippen LogP) is 5.70. The van der Waals surface area contributed by atoms with Gasteiger partial charge in [-0.1, -0.05) is 18.5 Å². The van der Waals surface area contributed by atoms with Crippen molar-refractivity contribution < 1.29 is 8.83 Å². The van der Waals surface area contributed by atoms with Gasteiger partial charge in [-0.2, -0.15) is 0 Å². The van der Waals surface area contributed by atoms with Gasteiger partial charge in [0.25, 0.3) is 0 Å². The van der Waals surface area contributed by atoms with E-state index in [1.54, 1.807) is 0 Å². The topological polar surface area (TPSA) is 26.3 Å². The lowest BCUT2D eigenvalue weighted by atomic mass is 9.98. The van der Waals surface area contributed by atoms with Crippen molar-refractivity contribution in [2.24, 2.45) is 0 Å². The van der Waals surface area contributed by atoms with Crippen LogP contribution in [0, 0.1) is 6.92 Å². The SMILES string of the molecule is Cc1cc2c(o1)-c1c(oc3ccc(Cl)cc13)CCC2C. The van der Waals surface area contributed by atoms with Crippen LogP contribution >= 0.6 is 11.6 Å². The minimum absolute atomic E-state index is 0.485. The van der Waals surface area contributed by atoms with Crippen molar-refractivity contribution >= 4 is 22.6 Å². The summed E-state index contributed by atoms with van der Waals surface area (Å²) in [5, 5.41) is 1.78. The van der Waals surface area contributed by atoms with Crippen LogP contribution in [0.4, 0.5) is 0 Å². The molecule has 1 aliphatic carbocycles. The smallest absolute Gasteiger partial charge is 0.141 e. The zero-order valence-electron chi connectivity index (χ0n) is 11.5. The molecule has 102 valence electrons. The molecule has 0 N–H and O–H groups in total. The monoisotopic (exact) mass is 286 g/mol. The molecule has 2 heterocycles. The molecule has 0 saturated heterocycles. The van der Waals surface area contributed by atoms with Gasteiger partial charge in [0, 0.05) is 22.4 Å². The molecule has 1 aromatic carbocycles. The first-order valence-corrected chi connectivity index (χ1v) is 7.33. The fourth-order valence-electron chi connectivity index (χ4n) is 3.14. The Balaban J connectivity index is 2.10. The first-order valence-electron chi connectivity index (χ1n) is 6.95. The minimum atomic E-state index is 0.485. The number of fused-ring (bicyclic) bond motifs is 5. The lowest BCUT2D eigenvalue weighted by Gasteiger charge is -2.06. The number of rotatable bonds is 0. The fraction of sp³-hybridized carbons (Fsp3) is 0.294. The van der Waals surface area contributed by atoms with Crippen LogP contribution in [0.2, 0.25) is 5.02 Å². The van der Waals surface area contributed by atoms with Crippen LogP contribution in [0.5, 0.6) is 0 Å². The second-order valence-corrected chi connectivity index (χ2v) is 6.06. The maximum atomic E-state index is 6.15. The maximum Gasteiger partial charge on any atom is 0.141 e. The summed E-state index contributed by atoms with van der Waals surface area (Å²) in [4.78, 5) is 0. The Bertz CT molecular complexity index is 810. The number of furan rings is 2. The van der Waals surface area contributed by atoms with Crippen LogP contribution < -0.4 is 0 Å². The van der Waals surface area contributed by atoms with E-state index in [1.165, 1.54) is 5.56 Å². The van der Waals surface area contributed by atoms with Gasteiger partial charge in [0.2, 0.25) is 0 Å². The van der Waals surface area contributed by atoms with Crippen LogP contribution in [-0.4, -0.2) is 0 Å². The largest absolute Gasteiger partial charge is 0.461 e. The quantitative estimate of drug-likeness (QED) is 0.529. The van der Waals surface area contributed by atoms with Crippen molar-refractivity contribution in [2.45, 2.75) is 32.6 Å². The van der Waals surface area contributed by atoms with Crippen LogP contribution in [0.15, 0.2) is 33.1 Å². The summed E-state index contributed by atoms with van der Waals surface area (Å²) in [5.41, 5.74) is 3.26. The van der Waals surface area contributed by atoms with E-state index in [0.29, 0.717) is 5.92 Å². The van der Waals surface area contributed by atoms with E-state index in [0.717, 1.165) is 51.7 Å². The Morgan fingerprint density at radius 2 is 2.05 bits per heavy atom. The molecule has 0 saturated carbocycles. The van der Waals surface area contributed by atoms with Crippen molar-refractivity contribution in [2.75, 3.05) is 0 Å². The van der Waals surface area contributed by atoms with Gasteiger partial charge < -0.3 is 8.83 Å². The number of halogens is 1. The first kappa shape index (κ1) is 12.1. The summed E-state index contributed by atoms with van der Waals surface area (Å²) in [6.07, 6.45) is 2.01. The third-order valence-corrected chi connectivity index (χ3v) is 4.40. The van der Waals surface area contributed by atoms with Gasteiger partial charge in [-0.05, 0) is 43.5 Å². The van der Waals surface area contributed by atoms with Crippen LogP contribution in [0.1, 0.15) is 36.3 Å². The van der Waals surface area contributed by atoms with Gasteiger partial charge in [0.05, 0.1) is 5.56 Å². The highest BCUT2D eigenvalue weighted by Crippen LogP contribution is 2.45. The number of benzene rings is 1. The van der Waals surface area contributed by atoms with Crippen LogP contribution in [-0.2, 0) is 6.42 Å². The molecule has 20 heavy (non-hydrogen) atoms. The average molecular weight is 287 g/mol. The Hall–Kier alpha value is -1.67. The summed E-state index contributed by atoms with van der Waals surface area (Å²) >= 11 is 6.15. The Labute approximate surface area is 122 Å². The molecule has 1 atom stereocenters. The summed E-state index contributed by atoms with van der Waals surface area (Å²) in [5.74, 6) is 3.41. The third kappa shape index (κ3) is 1.64. The highest BCUT2D eigenvalue weighted by Gasteiger charge is 2.28. The molecule has 2 nitrogen and oxygen atoms in total. The maximum absolute atomic E-state index is 6.15. The predicted molar refractivity (Wildman–Crippen MR) is 80.4 cm³/mol. The van der Waals surface area contributed by atoms with Gasteiger partial charge in [0.15, 0.2) is 0 Å². The van der Waals surface area contributed by atoms with Gasteiger partial charge in [-0.15, -0.1) is 0 Å². The molecule has 0 aliphatic heterocycles. The fourth-order valence-corrected chi connectivity index (χ4v) is 3.32. The summed E-state index contributed by atoms with van der Waals surface area (Å²) in [6, 6.07) is 7.92. The molecule has 0 fully saturated rings. The molecule has 3 aromatic rings. The number of hydrogen-bond donors (Lipinski definition) is 0. The zero-order valence-corrected chi connectivity index (χ0v) is 12.3. The van der Waals surface area contributed by atoms with Crippen molar-refractivity contribution in [3.05, 3.63) is 46.4 Å². The van der Waals surface area contributed by atoms with Gasteiger partial charge in [-0.3, -0.25) is 0 Å². The Morgan fingerprint density at radius 1 is 1.20 bits per heavy atom. The third-order valence-electron chi connectivity index (χ3n) is 4.17. The highest BCUT2D eigenvalue weighted by molar-refractivity contribution is 6.31. The Kier molecular flexibility index (Phi) is 2.52. The molecular formula is C17H15ClO2. The van der Waals surface area contributed by atoms with Crippen molar-refractivity contribution in [3.63, 3.8) is 0 Å². The highest BCUT2D eigenvalue weighted by atomic mass is 35.5. The summed E-state index contributed by atoms with van der Waals surface area (Å²) < 4.78 is 12.0.